The van der Waals surface area contributed by atoms with Crippen molar-refractivity contribution >= 4 is 5.91 Å². The second-order valence-corrected chi connectivity index (χ2v) is 4.12. The van der Waals surface area contributed by atoms with E-state index in [-0.39, 0.29) is 11.5 Å². The van der Waals surface area contributed by atoms with Crippen LogP contribution in [0.2, 0.25) is 0 Å². The maximum Gasteiger partial charge on any atom is 0.222 e. The van der Waals surface area contributed by atoms with Crippen LogP contribution in [-0.4, -0.2) is 38.3 Å². The number of ether oxygens (including phenoxy) is 1. The SMILES string of the molecule is CCNCCNC(=O)CC1(OC)CCC1. The molecular formula is C11H22N2O2. The number of amides is 1. The van der Waals surface area contributed by atoms with Gasteiger partial charge in [0.1, 0.15) is 0 Å². The lowest BCUT2D eigenvalue weighted by Gasteiger charge is -2.39. The smallest absolute Gasteiger partial charge is 0.222 e. The van der Waals surface area contributed by atoms with Gasteiger partial charge in [0.2, 0.25) is 5.91 Å². The minimum absolute atomic E-state index is 0.106. The van der Waals surface area contributed by atoms with E-state index in [0.717, 1.165) is 25.9 Å². The highest BCUT2D eigenvalue weighted by Crippen LogP contribution is 2.37. The molecule has 0 heterocycles. The number of hydrogen-bond donors (Lipinski definition) is 2. The van der Waals surface area contributed by atoms with Crippen molar-refractivity contribution in [2.75, 3.05) is 26.7 Å². The third-order valence-corrected chi connectivity index (χ3v) is 3.05. The Morgan fingerprint density at radius 3 is 2.60 bits per heavy atom. The van der Waals surface area contributed by atoms with E-state index in [1.54, 1.807) is 7.11 Å². The second kappa shape index (κ2) is 6.08. The van der Waals surface area contributed by atoms with Gasteiger partial charge in [-0.15, -0.1) is 0 Å². The molecule has 0 aromatic heterocycles. The van der Waals surface area contributed by atoms with E-state index in [9.17, 15) is 4.79 Å². The monoisotopic (exact) mass is 214 g/mol. The largest absolute Gasteiger partial charge is 0.378 e. The first-order chi connectivity index (χ1) is 7.22. The summed E-state index contributed by atoms with van der Waals surface area (Å²) in [4.78, 5) is 11.6. The molecule has 0 radical (unpaired) electrons. The van der Waals surface area contributed by atoms with Gasteiger partial charge in [-0.3, -0.25) is 4.79 Å². The molecule has 1 aliphatic rings. The summed E-state index contributed by atoms with van der Waals surface area (Å²) < 4.78 is 5.40. The molecule has 1 saturated carbocycles. The average Bonchev–Trinajstić information content (AvgIpc) is 2.18. The van der Waals surface area contributed by atoms with Crippen LogP contribution in [-0.2, 0) is 9.53 Å². The van der Waals surface area contributed by atoms with E-state index in [0.29, 0.717) is 13.0 Å². The van der Waals surface area contributed by atoms with Gasteiger partial charge >= 0.3 is 0 Å². The van der Waals surface area contributed by atoms with Gasteiger partial charge in [-0.1, -0.05) is 6.92 Å². The van der Waals surface area contributed by atoms with Crippen LogP contribution in [0.5, 0.6) is 0 Å². The normalized spacial score (nSPS) is 18.3. The molecule has 88 valence electrons. The molecule has 0 atom stereocenters. The molecule has 0 bridgehead atoms. The summed E-state index contributed by atoms with van der Waals surface area (Å²) in [6, 6.07) is 0. The van der Waals surface area contributed by atoms with Crippen LogP contribution >= 0.6 is 0 Å². The van der Waals surface area contributed by atoms with Crippen LogP contribution < -0.4 is 10.6 Å². The lowest BCUT2D eigenvalue weighted by molar-refractivity contribution is -0.134. The van der Waals surface area contributed by atoms with E-state index in [1.165, 1.54) is 6.42 Å². The molecule has 0 aromatic rings. The van der Waals surface area contributed by atoms with Crippen molar-refractivity contribution in [3.8, 4) is 0 Å². The minimum atomic E-state index is -0.151. The Balaban J connectivity index is 2.12. The maximum atomic E-state index is 11.6. The Kier molecular flexibility index (Phi) is 5.05. The predicted molar refractivity (Wildman–Crippen MR) is 59.8 cm³/mol. The van der Waals surface area contributed by atoms with Gasteiger partial charge in [0.15, 0.2) is 0 Å². The second-order valence-electron chi connectivity index (χ2n) is 4.12. The highest BCUT2D eigenvalue weighted by atomic mass is 16.5. The van der Waals surface area contributed by atoms with Gasteiger partial charge in [0.25, 0.3) is 0 Å². The van der Waals surface area contributed by atoms with Crippen LogP contribution in [0.1, 0.15) is 32.6 Å². The van der Waals surface area contributed by atoms with Gasteiger partial charge in [-0.2, -0.15) is 0 Å². The van der Waals surface area contributed by atoms with Crippen molar-refractivity contribution in [1.82, 2.24) is 10.6 Å². The molecule has 2 N–H and O–H groups in total. The summed E-state index contributed by atoms with van der Waals surface area (Å²) in [5.41, 5.74) is -0.151. The maximum absolute atomic E-state index is 11.6. The van der Waals surface area contributed by atoms with Gasteiger partial charge in [-0.05, 0) is 25.8 Å². The van der Waals surface area contributed by atoms with Crippen LogP contribution in [0.15, 0.2) is 0 Å². The van der Waals surface area contributed by atoms with Crippen molar-refractivity contribution < 1.29 is 9.53 Å². The Morgan fingerprint density at radius 1 is 1.40 bits per heavy atom. The van der Waals surface area contributed by atoms with Crippen molar-refractivity contribution in [2.24, 2.45) is 0 Å². The van der Waals surface area contributed by atoms with Crippen molar-refractivity contribution in [3.05, 3.63) is 0 Å². The third-order valence-electron chi connectivity index (χ3n) is 3.05. The van der Waals surface area contributed by atoms with Crippen LogP contribution in [0.25, 0.3) is 0 Å². The number of nitrogens with one attached hydrogen (secondary N) is 2. The van der Waals surface area contributed by atoms with E-state index in [1.807, 2.05) is 0 Å². The number of carbonyl (C=O) groups is 1. The Hall–Kier alpha value is -0.610. The molecule has 0 aliphatic heterocycles. The Morgan fingerprint density at radius 2 is 2.13 bits per heavy atom. The topological polar surface area (TPSA) is 50.4 Å². The average molecular weight is 214 g/mol. The molecule has 1 rings (SSSR count). The molecule has 4 heteroatoms. The summed E-state index contributed by atoms with van der Waals surface area (Å²) >= 11 is 0. The third kappa shape index (κ3) is 3.80. The number of methoxy groups -OCH3 is 1. The summed E-state index contributed by atoms with van der Waals surface area (Å²) in [5.74, 6) is 0.106. The van der Waals surface area contributed by atoms with Gasteiger partial charge < -0.3 is 15.4 Å². The zero-order valence-corrected chi connectivity index (χ0v) is 9.77. The van der Waals surface area contributed by atoms with Crippen molar-refractivity contribution in [1.29, 1.82) is 0 Å². The molecule has 4 nitrogen and oxygen atoms in total. The van der Waals surface area contributed by atoms with Crippen molar-refractivity contribution in [2.45, 2.75) is 38.2 Å². The quantitative estimate of drug-likeness (QED) is 0.612. The zero-order chi connectivity index (χ0) is 11.1. The fourth-order valence-corrected chi connectivity index (χ4v) is 1.85. The first-order valence-corrected chi connectivity index (χ1v) is 5.75. The molecule has 0 spiro atoms. The fourth-order valence-electron chi connectivity index (χ4n) is 1.85. The lowest BCUT2D eigenvalue weighted by atomic mass is 9.77. The first kappa shape index (κ1) is 12.5. The number of rotatable bonds is 7. The molecule has 1 aliphatic carbocycles. The number of hydrogen-bond acceptors (Lipinski definition) is 3. The van der Waals surface area contributed by atoms with E-state index >= 15 is 0 Å². The van der Waals surface area contributed by atoms with E-state index in [2.05, 4.69) is 17.6 Å². The van der Waals surface area contributed by atoms with E-state index in [4.69, 9.17) is 4.74 Å². The molecule has 1 fully saturated rings. The summed E-state index contributed by atoms with van der Waals surface area (Å²) in [6.45, 7) is 4.53. The van der Waals surface area contributed by atoms with Gasteiger partial charge in [0.05, 0.1) is 12.0 Å². The lowest BCUT2D eigenvalue weighted by Crippen LogP contribution is -2.44. The van der Waals surface area contributed by atoms with Crippen LogP contribution in [0, 0.1) is 0 Å². The van der Waals surface area contributed by atoms with Gasteiger partial charge in [0, 0.05) is 20.2 Å². The molecule has 1 amide bonds. The molecule has 0 aromatic carbocycles. The summed E-state index contributed by atoms with van der Waals surface area (Å²) in [7, 11) is 1.70. The highest BCUT2D eigenvalue weighted by molar-refractivity contribution is 5.77. The number of carbonyl (C=O) groups excluding carboxylic acids is 1. The van der Waals surface area contributed by atoms with Gasteiger partial charge in [-0.25, -0.2) is 0 Å². The molecule has 0 unspecified atom stereocenters. The Bertz CT molecular complexity index is 197. The Labute approximate surface area is 91.8 Å². The first-order valence-electron chi connectivity index (χ1n) is 5.75. The zero-order valence-electron chi connectivity index (χ0n) is 9.77. The minimum Gasteiger partial charge on any atom is -0.378 e. The highest BCUT2D eigenvalue weighted by Gasteiger charge is 2.38. The van der Waals surface area contributed by atoms with Crippen molar-refractivity contribution in [3.63, 3.8) is 0 Å². The molecule has 15 heavy (non-hydrogen) atoms. The number of likely N-dealkylation sites (N-methyl/N-ethyl adjacent to an activating group) is 1. The van der Waals surface area contributed by atoms with Crippen LogP contribution in [0.3, 0.4) is 0 Å². The molecule has 0 saturated heterocycles. The summed E-state index contributed by atoms with van der Waals surface area (Å²) in [6.07, 6.45) is 3.72. The molecular weight excluding hydrogens is 192 g/mol. The standard InChI is InChI=1S/C11H22N2O2/c1-3-12-7-8-13-10(14)9-11(15-2)5-4-6-11/h12H,3-9H2,1-2H3,(H,13,14). The fraction of sp³-hybridized carbons (Fsp3) is 0.909. The van der Waals surface area contributed by atoms with Crippen LogP contribution in [0.4, 0.5) is 0 Å². The van der Waals surface area contributed by atoms with E-state index < -0.39 is 0 Å². The predicted octanol–water partition coefficient (Wildman–Crippen LogP) is 0.671. The summed E-state index contributed by atoms with van der Waals surface area (Å²) in [5, 5.41) is 6.06.